The predicted octanol–water partition coefficient (Wildman–Crippen LogP) is 2.14. The molecule has 0 aromatic rings. The molecule has 1 saturated carbocycles. The first-order valence-corrected chi connectivity index (χ1v) is 5.77. The van der Waals surface area contributed by atoms with Gasteiger partial charge in [-0.1, -0.05) is 13.8 Å². The van der Waals surface area contributed by atoms with Crippen LogP contribution in [-0.2, 0) is 14.3 Å². The summed E-state index contributed by atoms with van der Waals surface area (Å²) >= 11 is 0. The van der Waals surface area contributed by atoms with E-state index < -0.39 is 0 Å². The van der Waals surface area contributed by atoms with Gasteiger partial charge in [0.2, 0.25) is 0 Å². The van der Waals surface area contributed by atoms with Crippen LogP contribution in [-0.4, -0.2) is 24.3 Å². The molecule has 3 heteroatoms. The molecular weight excluding hydrogens is 192 g/mol. The molecule has 1 saturated heterocycles. The number of hydrogen-bond donors (Lipinski definition) is 0. The average molecular weight is 212 g/mol. The van der Waals surface area contributed by atoms with E-state index >= 15 is 0 Å². The Morgan fingerprint density at radius 3 is 2.53 bits per heavy atom. The molecule has 2 rings (SSSR count). The fourth-order valence-electron chi connectivity index (χ4n) is 3.02. The average Bonchev–Trinajstić information content (AvgIpc) is 2.80. The van der Waals surface area contributed by atoms with Crippen LogP contribution in [0, 0.1) is 11.3 Å². The van der Waals surface area contributed by atoms with Crippen molar-refractivity contribution in [2.45, 2.75) is 52.2 Å². The molecule has 0 unspecified atom stereocenters. The number of carbonyl (C=O) groups excluding carboxylic acids is 1. The summed E-state index contributed by atoms with van der Waals surface area (Å²) in [6.45, 7) is 8.83. The quantitative estimate of drug-likeness (QED) is 0.531. The Bertz CT molecular complexity index is 285. The van der Waals surface area contributed by atoms with Gasteiger partial charge in [0.1, 0.15) is 5.60 Å². The van der Waals surface area contributed by atoms with Gasteiger partial charge in [-0.05, 0) is 31.6 Å². The highest BCUT2D eigenvalue weighted by atomic mass is 16.6. The molecule has 0 aromatic heterocycles. The van der Waals surface area contributed by atoms with Crippen LogP contribution in [0.2, 0.25) is 0 Å². The maximum Gasteiger partial charge on any atom is 0.306 e. The van der Waals surface area contributed by atoms with Crippen LogP contribution >= 0.6 is 0 Å². The number of epoxide rings is 1. The van der Waals surface area contributed by atoms with Crippen molar-refractivity contribution >= 4 is 5.97 Å². The number of hydrogen-bond acceptors (Lipinski definition) is 3. The first kappa shape index (κ1) is 10.9. The van der Waals surface area contributed by atoms with E-state index in [-0.39, 0.29) is 17.0 Å². The SMILES string of the molecule is CCOC(=O)C[C@H]1C[C@@]2(O[C@H]2C)C1(C)C. The summed E-state index contributed by atoms with van der Waals surface area (Å²) in [4.78, 5) is 11.4. The summed E-state index contributed by atoms with van der Waals surface area (Å²) in [5.41, 5.74) is 0.198. The summed E-state index contributed by atoms with van der Waals surface area (Å²) in [5, 5.41) is 0. The molecule has 2 fully saturated rings. The molecule has 0 radical (unpaired) electrons. The van der Waals surface area contributed by atoms with Crippen molar-refractivity contribution in [2.75, 3.05) is 6.61 Å². The van der Waals surface area contributed by atoms with Gasteiger partial charge in [0.25, 0.3) is 0 Å². The summed E-state index contributed by atoms with van der Waals surface area (Å²) in [6.07, 6.45) is 1.92. The predicted molar refractivity (Wildman–Crippen MR) is 56.4 cm³/mol. The van der Waals surface area contributed by atoms with Gasteiger partial charge in [0.15, 0.2) is 0 Å². The molecule has 3 nitrogen and oxygen atoms in total. The minimum Gasteiger partial charge on any atom is -0.466 e. The fourth-order valence-corrected chi connectivity index (χ4v) is 3.02. The third-order valence-electron chi connectivity index (χ3n) is 4.37. The molecule has 1 aliphatic heterocycles. The monoisotopic (exact) mass is 212 g/mol. The van der Waals surface area contributed by atoms with Gasteiger partial charge >= 0.3 is 5.97 Å². The number of rotatable bonds is 3. The van der Waals surface area contributed by atoms with Crippen molar-refractivity contribution < 1.29 is 14.3 Å². The lowest BCUT2D eigenvalue weighted by molar-refractivity contribution is -0.150. The Morgan fingerprint density at radius 2 is 2.13 bits per heavy atom. The van der Waals surface area contributed by atoms with Crippen molar-refractivity contribution in [2.24, 2.45) is 11.3 Å². The molecule has 0 amide bonds. The number of ether oxygens (including phenoxy) is 2. The van der Waals surface area contributed by atoms with E-state index in [0.717, 1.165) is 6.42 Å². The highest BCUT2D eigenvalue weighted by Crippen LogP contribution is 2.67. The first-order valence-electron chi connectivity index (χ1n) is 5.77. The smallest absolute Gasteiger partial charge is 0.306 e. The number of carbonyl (C=O) groups is 1. The van der Waals surface area contributed by atoms with Crippen LogP contribution in [0.5, 0.6) is 0 Å². The third kappa shape index (κ3) is 1.40. The highest BCUT2D eigenvalue weighted by molar-refractivity contribution is 5.70. The molecule has 3 atom stereocenters. The largest absolute Gasteiger partial charge is 0.466 e. The van der Waals surface area contributed by atoms with Gasteiger partial charge in [-0.25, -0.2) is 0 Å². The second-order valence-corrected chi connectivity index (χ2v) is 5.28. The lowest BCUT2D eigenvalue weighted by Crippen LogP contribution is -2.54. The molecule has 1 aliphatic carbocycles. The molecule has 0 aromatic carbocycles. The minimum absolute atomic E-state index is 0.0706. The van der Waals surface area contributed by atoms with Crippen LogP contribution in [0.4, 0.5) is 0 Å². The minimum atomic E-state index is -0.0706. The van der Waals surface area contributed by atoms with Gasteiger partial charge in [-0.2, -0.15) is 0 Å². The zero-order valence-corrected chi connectivity index (χ0v) is 10.0. The second-order valence-electron chi connectivity index (χ2n) is 5.28. The van der Waals surface area contributed by atoms with E-state index in [0.29, 0.717) is 25.0 Å². The number of esters is 1. The van der Waals surface area contributed by atoms with Crippen LogP contribution in [0.25, 0.3) is 0 Å². The Labute approximate surface area is 91.1 Å². The highest BCUT2D eigenvalue weighted by Gasteiger charge is 2.73. The zero-order chi connectivity index (χ0) is 11.3. The molecule has 1 heterocycles. The van der Waals surface area contributed by atoms with Gasteiger partial charge in [-0.3, -0.25) is 4.79 Å². The summed E-state index contributed by atoms with van der Waals surface area (Å²) in [6, 6.07) is 0. The normalized spacial score (nSPS) is 41.1. The van der Waals surface area contributed by atoms with Crippen molar-refractivity contribution in [3.63, 3.8) is 0 Å². The Morgan fingerprint density at radius 1 is 1.53 bits per heavy atom. The molecule has 2 aliphatic rings. The maximum absolute atomic E-state index is 11.4. The molecule has 1 spiro atoms. The topological polar surface area (TPSA) is 38.8 Å². The van der Waals surface area contributed by atoms with E-state index in [9.17, 15) is 4.79 Å². The van der Waals surface area contributed by atoms with Crippen LogP contribution in [0.1, 0.15) is 40.5 Å². The maximum atomic E-state index is 11.4. The summed E-state index contributed by atoms with van der Waals surface area (Å²) < 4.78 is 10.7. The lowest BCUT2D eigenvalue weighted by Gasteiger charge is -2.51. The summed E-state index contributed by atoms with van der Waals surface area (Å²) in [7, 11) is 0. The van der Waals surface area contributed by atoms with Crippen molar-refractivity contribution in [1.29, 1.82) is 0 Å². The van der Waals surface area contributed by atoms with Crippen molar-refractivity contribution in [1.82, 2.24) is 0 Å². The van der Waals surface area contributed by atoms with Crippen LogP contribution < -0.4 is 0 Å². The Balaban J connectivity index is 1.90. The van der Waals surface area contributed by atoms with E-state index in [4.69, 9.17) is 9.47 Å². The zero-order valence-electron chi connectivity index (χ0n) is 10.0. The first-order chi connectivity index (χ1) is 6.94. The van der Waals surface area contributed by atoms with Crippen molar-refractivity contribution in [3.8, 4) is 0 Å². The fraction of sp³-hybridized carbons (Fsp3) is 0.917. The lowest BCUT2D eigenvalue weighted by atomic mass is 9.52. The molecule has 0 bridgehead atoms. The Hall–Kier alpha value is -0.570. The van der Waals surface area contributed by atoms with Gasteiger partial charge in [-0.15, -0.1) is 0 Å². The summed E-state index contributed by atoms with van der Waals surface area (Å²) in [5.74, 6) is 0.347. The van der Waals surface area contributed by atoms with Crippen molar-refractivity contribution in [3.05, 3.63) is 0 Å². The molecule has 0 N–H and O–H groups in total. The van der Waals surface area contributed by atoms with Crippen LogP contribution in [0.15, 0.2) is 0 Å². The Kier molecular flexibility index (Phi) is 2.34. The van der Waals surface area contributed by atoms with E-state index in [1.807, 2.05) is 6.92 Å². The van der Waals surface area contributed by atoms with Crippen LogP contribution in [0.3, 0.4) is 0 Å². The van der Waals surface area contributed by atoms with Gasteiger partial charge in [0, 0.05) is 6.42 Å². The van der Waals surface area contributed by atoms with E-state index in [1.54, 1.807) is 0 Å². The van der Waals surface area contributed by atoms with Gasteiger partial charge in [0.05, 0.1) is 12.7 Å². The molecule has 15 heavy (non-hydrogen) atoms. The van der Waals surface area contributed by atoms with E-state index in [1.165, 1.54) is 0 Å². The molecular formula is C12H20O3. The second kappa shape index (κ2) is 3.21. The third-order valence-corrected chi connectivity index (χ3v) is 4.37. The van der Waals surface area contributed by atoms with Gasteiger partial charge < -0.3 is 9.47 Å². The van der Waals surface area contributed by atoms with E-state index in [2.05, 4.69) is 20.8 Å². The molecule has 86 valence electrons. The standard InChI is InChI=1S/C12H20O3/c1-5-14-10(13)6-9-7-12(8(2)15-12)11(9,3)4/h8-9H,5-7H2,1-4H3/t8-,9-,12-/m0/s1.